The number of hydrogen-bond donors (Lipinski definition) is 3. The van der Waals surface area contributed by atoms with E-state index in [1.165, 1.54) is 0 Å². The predicted octanol–water partition coefficient (Wildman–Crippen LogP) is 2.55. The number of carbonyl (C=O) groups is 2. The number of fused-ring (bicyclic) bond motifs is 1. The Bertz CT molecular complexity index is 971. The zero-order chi connectivity index (χ0) is 19.1. The first-order valence-corrected chi connectivity index (χ1v) is 8.60. The van der Waals surface area contributed by atoms with Gasteiger partial charge in [-0.3, -0.25) is 25.8 Å². The van der Waals surface area contributed by atoms with Crippen molar-refractivity contribution >= 4 is 39.9 Å². The van der Waals surface area contributed by atoms with Gasteiger partial charge in [-0.1, -0.05) is 54.6 Å². The van der Waals surface area contributed by atoms with Gasteiger partial charge in [-0.2, -0.15) is 0 Å². The van der Waals surface area contributed by atoms with Gasteiger partial charge < -0.3 is 4.74 Å². The monoisotopic (exact) mass is 379 g/mol. The highest BCUT2D eigenvalue weighted by Crippen LogP contribution is 2.24. The number of benzene rings is 3. The molecular formula is C20H17N3O3S. The topological polar surface area (TPSA) is 79.5 Å². The maximum absolute atomic E-state index is 12.0. The largest absolute Gasteiger partial charge is 0.483 e. The van der Waals surface area contributed by atoms with Crippen LogP contribution in [0.3, 0.4) is 0 Å². The third-order valence-electron chi connectivity index (χ3n) is 3.69. The first-order valence-electron chi connectivity index (χ1n) is 8.19. The molecule has 7 heteroatoms. The van der Waals surface area contributed by atoms with Crippen LogP contribution in [0, 0.1) is 0 Å². The lowest BCUT2D eigenvalue weighted by atomic mass is 10.1. The van der Waals surface area contributed by atoms with Crippen molar-refractivity contribution < 1.29 is 14.3 Å². The van der Waals surface area contributed by atoms with Gasteiger partial charge in [0, 0.05) is 10.9 Å². The van der Waals surface area contributed by atoms with Crippen LogP contribution in [0.2, 0.25) is 0 Å². The molecule has 0 aromatic heterocycles. The summed E-state index contributed by atoms with van der Waals surface area (Å²) in [5.74, 6) is -0.187. The Hall–Kier alpha value is -3.45. The Balaban J connectivity index is 1.47. The highest BCUT2D eigenvalue weighted by atomic mass is 32.1. The summed E-state index contributed by atoms with van der Waals surface area (Å²) in [6.45, 7) is -0.206. The van der Waals surface area contributed by atoms with E-state index in [2.05, 4.69) is 16.2 Å². The lowest BCUT2D eigenvalue weighted by Crippen LogP contribution is -2.49. The predicted molar refractivity (Wildman–Crippen MR) is 107 cm³/mol. The van der Waals surface area contributed by atoms with Gasteiger partial charge in [-0.25, -0.2) is 0 Å². The molecule has 3 rings (SSSR count). The molecule has 0 aliphatic carbocycles. The summed E-state index contributed by atoms with van der Waals surface area (Å²) in [6.07, 6.45) is 0. The molecule has 2 amide bonds. The van der Waals surface area contributed by atoms with Crippen molar-refractivity contribution in [2.75, 3.05) is 6.61 Å². The van der Waals surface area contributed by atoms with Crippen LogP contribution in [0.25, 0.3) is 10.8 Å². The second kappa shape index (κ2) is 8.77. The van der Waals surface area contributed by atoms with Gasteiger partial charge >= 0.3 is 0 Å². The molecule has 0 spiro atoms. The first kappa shape index (κ1) is 18.3. The van der Waals surface area contributed by atoms with Crippen LogP contribution in [0.1, 0.15) is 10.4 Å². The summed E-state index contributed by atoms with van der Waals surface area (Å²) in [5, 5.41) is 4.37. The van der Waals surface area contributed by atoms with Gasteiger partial charge in [0.25, 0.3) is 11.8 Å². The molecule has 0 aliphatic rings. The number of rotatable bonds is 4. The van der Waals surface area contributed by atoms with E-state index in [1.807, 2.05) is 42.5 Å². The van der Waals surface area contributed by atoms with E-state index >= 15 is 0 Å². The van der Waals surface area contributed by atoms with Crippen LogP contribution in [-0.4, -0.2) is 23.5 Å². The van der Waals surface area contributed by atoms with Gasteiger partial charge in [-0.05, 0) is 35.8 Å². The Morgan fingerprint density at radius 1 is 0.852 bits per heavy atom. The van der Waals surface area contributed by atoms with Crippen LogP contribution in [0.15, 0.2) is 72.8 Å². The van der Waals surface area contributed by atoms with Gasteiger partial charge in [0.15, 0.2) is 11.7 Å². The Morgan fingerprint density at radius 2 is 1.56 bits per heavy atom. The Labute approximate surface area is 161 Å². The average molecular weight is 379 g/mol. The fourth-order valence-corrected chi connectivity index (χ4v) is 2.60. The summed E-state index contributed by atoms with van der Waals surface area (Å²) in [4.78, 5) is 23.9. The van der Waals surface area contributed by atoms with Crippen molar-refractivity contribution in [1.29, 1.82) is 0 Å². The Kier molecular flexibility index (Phi) is 5.96. The molecule has 0 heterocycles. The van der Waals surface area contributed by atoms with E-state index in [0.29, 0.717) is 11.3 Å². The smallest absolute Gasteiger partial charge is 0.269 e. The zero-order valence-corrected chi connectivity index (χ0v) is 15.1. The maximum Gasteiger partial charge on any atom is 0.269 e. The van der Waals surface area contributed by atoms with Crippen LogP contribution < -0.4 is 20.9 Å². The third-order valence-corrected chi connectivity index (χ3v) is 3.89. The minimum absolute atomic E-state index is 0.0224. The highest BCUT2D eigenvalue weighted by molar-refractivity contribution is 7.80. The molecular weight excluding hydrogens is 362 g/mol. The van der Waals surface area contributed by atoms with Crippen molar-refractivity contribution in [2.45, 2.75) is 0 Å². The fourth-order valence-electron chi connectivity index (χ4n) is 2.43. The van der Waals surface area contributed by atoms with Crippen molar-refractivity contribution in [3.05, 3.63) is 78.4 Å². The zero-order valence-electron chi connectivity index (χ0n) is 14.3. The number of thiocarbonyl (C=S) groups is 1. The van der Waals surface area contributed by atoms with Crippen LogP contribution >= 0.6 is 12.2 Å². The summed E-state index contributed by atoms with van der Waals surface area (Å²) in [6, 6.07) is 22.0. The molecule has 0 saturated heterocycles. The lowest BCUT2D eigenvalue weighted by Gasteiger charge is -2.12. The average Bonchev–Trinajstić information content (AvgIpc) is 2.71. The van der Waals surface area contributed by atoms with Crippen LogP contribution in [0.4, 0.5) is 0 Å². The molecule has 6 nitrogen and oxygen atoms in total. The molecule has 0 atom stereocenters. The molecule has 27 heavy (non-hydrogen) atoms. The summed E-state index contributed by atoms with van der Waals surface area (Å²) in [7, 11) is 0. The quantitative estimate of drug-likeness (QED) is 0.480. The van der Waals surface area contributed by atoms with E-state index in [-0.39, 0.29) is 17.6 Å². The number of carbonyl (C=O) groups excluding carboxylic acids is 2. The van der Waals surface area contributed by atoms with Crippen molar-refractivity contribution in [3.63, 3.8) is 0 Å². The molecule has 0 aliphatic heterocycles. The fraction of sp³-hybridized carbons (Fsp3) is 0.0500. The van der Waals surface area contributed by atoms with Crippen LogP contribution in [-0.2, 0) is 4.79 Å². The lowest BCUT2D eigenvalue weighted by molar-refractivity contribution is -0.121. The molecule has 3 aromatic rings. The summed E-state index contributed by atoms with van der Waals surface area (Å²) >= 11 is 4.99. The standard InChI is InChI=1S/C20H17N3O3S/c24-18(13-26-17-12-6-10-14-7-4-5-11-16(14)17)21-20(27)23-22-19(25)15-8-2-1-3-9-15/h1-12H,13H2,(H,22,25)(H2,21,23,24,27). The molecule has 3 N–H and O–H groups in total. The van der Waals surface area contributed by atoms with Crippen LogP contribution in [0.5, 0.6) is 5.75 Å². The molecule has 0 radical (unpaired) electrons. The molecule has 0 bridgehead atoms. The first-order chi connectivity index (χ1) is 13.1. The number of nitrogens with one attached hydrogen (secondary N) is 3. The minimum Gasteiger partial charge on any atom is -0.483 e. The third kappa shape index (κ3) is 5.02. The highest BCUT2D eigenvalue weighted by Gasteiger charge is 2.09. The molecule has 0 unspecified atom stereocenters. The van der Waals surface area contributed by atoms with Gasteiger partial charge in [0.05, 0.1) is 0 Å². The van der Waals surface area contributed by atoms with E-state index in [1.54, 1.807) is 30.3 Å². The SMILES string of the molecule is O=C(COc1cccc2ccccc12)NC(=S)NNC(=O)c1ccccc1. The molecule has 0 saturated carbocycles. The minimum atomic E-state index is -0.436. The number of ether oxygens (including phenoxy) is 1. The second-order valence-corrected chi connectivity index (χ2v) is 6.00. The van der Waals surface area contributed by atoms with E-state index in [9.17, 15) is 9.59 Å². The number of hydrogen-bond acceptors (Lipinski definition) is 4. The molecule has 3 aromatic carbocycles. The molecule has 0 fully saturated rings. The molecule has 136 valence electrons. The summed E-state index contributed by atoms with van der Waals surface area (Å²) < 4.78 is 5.59. The van der Waals surface area contributed by atoms with Gasteiger partial charge in [-0.15, -0.1) is 0 Å². The summed E-state index contributed by atoms with van der Waals surface area (Å²) in [5.41, 5.74) is 5.37. The van der Waals surface area contributed by atoms with E-state index in [4.69, 9.17) is 17.0 Å². The number of amides is 2. The van der Waals surface area contributed by atoms with Gasteiger partial charge in [0.2, 0.25) is 0 Å². The van der Waals surface area contributed by atoms with E-state index < -0.39 is 5.91 Å². The normalized spacial score (nSPS) is 10.1. The maximum atomic E-state index is 12.0. The number of hydrazine groups is 1. The Morgan fingerprint density at radius 3 is 2.37 bits per heavy atom. The van der Waals surface area contributed by atoms with Gasteiger partial charge in [0.1, 0.15) is 5.75 Å². The van der Waals surface area contributed by atoms with E-state index in [0.717, 1.165) is 10.8 Å². The van der Waals surface area contributed by atoms with Crippen molar-refractivity contribution in [1.82, 2.24) is 16.2 Å². The van der Waals surface area contributed by atoms with Crippen molar-refractivity contribution in [3.8, 4) is 5.75 Å². The van der Waals surface area contributed by atoms with Crippen molar-refractivity contribution in [2.24, 2.45) is 0 Å². The second-order valence-electron chi connectivity index (χ2n) is 5.59.